The van der Waals surface area contributed by atoms with Crippen molar-refractivity contribution in [2.24, 2.45) is 21.1 Å². The predicted octanol–water partition coefficient (Wildman–Crippen LogP) is 1.22. The molecule has 1 N–H and O–H groups in total. The summed E-state index contributed by atoms with van der Waals surface area (Å²) in [4.78, 5) is 10.7. The SMILES string of the molecule is [CH2-]c1[nH]cc[n+]1C.[CH2-]c1nccn1C.[CH2-]c1nccn1C.[Y+3]. The van der Waals surface area contributed by atoms with E-state index >= 15 is 0 Å². The first-order chi connectivity index (χ1) is 9.91. The molecular weight excluding hydrogens is 353 g/mol. The Labute approximate surface area is 157 Å². The molecule has 0 aliphatic rings. The van der Waals surface area contributed by atoms with E-state index in [2.05, 4.69) is 35.7 Å². The summed E-state index contributed by atoms with van der Waals surface area (Å²) in [5, 5.41) is 0. The molecule has 3 rings (SSSR count). The van der Waals surface area contributed by atoms with Crippen molar-refractivity contribution < 1.29 is 37.3 Å². The molecule has 0 amide bonds. The van der Waals surface area contributed by atoms with E-state index in [1.54, 1.807) is 12.4 Å². The van der Waals surface area contributed by atoms with E-state index in [1.807, 2.05) is 59.6 Å². The number of aromatic nitrogens is 6. The Balaban J connectivity index is 0.000000294. The molecule has 7 heteroatoms. The number of hydrogen-bond donors (Lipinski definition) is 1. The summed E-state index contributed by atoms with van der Waals surface area (Å²) in [6.45, 7) is 11.0. The van der Waals surface area contributed by atoms with E-state index in [0.29, 0.717) is 0 Å². The molecule has 0 aliphatic carbocycles. The van der Waals surface area contributed by atoms with Gasteiger partial charge in [0.2, 0.25) is 0 Å². The van der Waals surface area contributed by atoms with Gasteiger partial charge in [-0.1, -0.05) is 0 Å². The monoisotopic (exact) mass is 375 g/mol. The van der Waals surface area contributed by atoms with Crippen LogP contribution in [-0.4, -0.2) is 24.1 Å². The Morgan fingerprint density at radius 2 is 1.45 bits per heavy atom. The Bertz CT molecular complexity index is 512. The van der Waals surface area contributed by atoms with Crippen molar-refractivity contribution in [1.82, 2.24) is 24.1 Å². The van der Waals surface area contributed by atoms with Crippen LogP contribution < -0.4 is 4.57 Å². The van der Waals surface area contributed by atoms with Gasteiger partial charge in [-0.15, -0.1) is 0 Å². The zero-order chi connectivity index (χ0) is 15.8. The number of nitrogens with zero attached hydrogens (tertiary/aromatic N) is 5. The van der Waals surface area contributed by atoms with Crippen molar-refractivity contribution in [2.75, 3.05) is 0 Å². The number of hydrogen-bond acceptors (Lipinski definition) is 2. The molecule has 0 spiro atoms. The standard InChI is InChI=1S/3C5H7N2.Y/c3*1-5-6-3-4-7(5)2;/h3*3-4H,1H2,2H3;/q3*-1;+3/p+1. The first-order valence-corrected chi connectivity index (χ1v) is 6.35. The van der Waals surface area contributed by atoms with Gasteiger partial charge in [0.15, 0.2) is 0 Å². The molecule has 0 bridgehead atoms. The van der Waals surface area contributed by atoms with Crippen molar-refractivity contribution in [3.05, 3.63) is 75.4 Å². The minimum Gasteiger partial charge on any atom is -0.364 e. The minimum atomic E-state index is 0. The van der Waals surface area contributed by atoms with Gasteiger partial charge in [-0.05, 0) is 11.6 Å². The van der Waals surface area contributed by atoms with Crippen LogP contribution in [0.2, 0.25) is 0 Å². The second kappa shape index (κ2) is 10.1. The van der Waals surface area contributed by atoms with E-state index < -0.39 is 0 Å². The molecule has 0 saturated carbocycles. The van der Waals surface area contributed by atoms with E-state index in [-0.39, 0.29) is 32.7 Å². The van der Waals surface area contributed by atoms with Crippen molar-refractivity contribution in [2.45, 2.75) is 0 Å². The van der Waals surface area contributed by atoms with Crippen molar-refractivity contribution >= 4 is 0 Å². The fraction of sp³-hybridized carbons (Fsp3) is 0.200. The molecule has 3 aromatic heterocycles. The quantitative estimate of drug-likeness (QED) is 0.475. The van der Waals surface area contributed by atoms with Crippen molar-refractivity contribution in [3.63, 3.8) is 0 Å². The molecule has 0 unspecified atom stereocenters. The first kappa shape index (κ1) is 20.3. The van der Waals surface area contributed by atoms with Crippen LogP contribution in [0.4, 0.5) is 0 Å². The van der Waals surface area contributed by atoms with Gasteiger partial charge in [-0.2, -0.15) is 0 Å². The van der Waals surface area contributed by atoms with Crippen LogP contribution in [-0.2, 0) is 53.9 Å². The molecule has 0 aromatic carbocycles. The molecule has 0 fully saturated rings. The van der Waals surface area contributed by atoms with E-state index in [4.69, 9.17) is 0 Å². The van der Waals surface area contributed by atoms with Gasteiger partial charge in [-0.3, -0.25) is 26.4 Å². The Morgan fingerprint density at radius 3 is 1.55 bits per heavy atom. The van der Waals surface area contributed by atoms with E-state index in [0.717, 1.165) is 17.5 Å². The molecule has 6 nitrogen and oxygen atoms in total. The van der Waals surface area contributed by atoms with Crippen molar-refractivity contribution in [3.8, 4) is 0 Å². The van der Waals surface area contributed by atoms with Crippen LogP contribution in [0.25, 0.3) is 0 Å². The average molecular weight is 375 g/mol. The van der Waals surface area contributed by atoms with Gasteiger partial charge in [0.1, 0.15) is 18.2 Å². The van der Waals surface area contributed by atoms with Gasteiger partial charge in [0, 0.05) is 38.9 Å². The molecule has 22 heavy (non-hydrogen) atoms. The summed E-state index contributed by atoms with van der Waals surface area (Å²) in [6, 6.07) is 0. The summed E-state index contributed by atoms with van der Waals surface area (Å²) < 4.78 is 5.64. The second-order valence-corrected chi connectivity index (χ2v) is 4.43. The van der Waals surface area contributed by atoms with E-state index in [9.17, 15) is 0 Å². The number of nitrogens with one attached hydrogen (secondary N) is 1. The number of aryl methyl sites for hydroxylation is 3. The van der Waals surface area contributed by atoms with Crippen LogP contribution in [0.15, 0.2) is 37.2 Å². The average Bonchev–Trinajstić information content (AvgIpc) is 3.11. The minimum absolute atomic E-state index is 0. The fourth-order valence-electron chi connectivity index (χ4n) is 1.23. The molecule has 3 aromatic rings. The Kier molecular flexibility index (Phi) is 9.37. The smallest absolute Gasteiger partial charge is 0.364 e. The van der Waals surface area contributed by atoms with Gasteiger partial charge in [0.25, 0.3) is 0 Å². The number of imidazole rings is 3. The van der Waals surface area contributed by atoms with Gasteiger partial charge in [0.05, 0.1) is 7.05 Å². The van der Waals surface area contributed by atoms with Gasteiger partial charge < -0.3 is 23.0 Å². The van der Waals surface area contributed by atoms with Crippen LogP contribution >= 0.6 is 0 Å². The number of aromatic amines is 1. The third kappa shape index (κ3) is 6.87. The first-order valence-electron chi connectivity index (χ1n) is 6.35. The van der Waals surface area contributed by atoms with Crippen LogP contribution in [0.1, 0.15) is 17.5 Å². The Hall–Kier alpha value is -1.66. The fourth-order valence-corrected chi connectivity index (χ4v) is 1.23. The van der Waals surface area contributed by atoms with Crippen LogP contribution in [0, 0.1) is 20.8 Å². The largest absolute Gasteiger partial charge is 3.00 e. The maximum absolute atomic E-state index is 3.87. The zero-order valence-corrected chi connectivity index (χ0v) is 16.2. The van der Waals surface area contributed by atoms with Crippen LogP contribution in [0.5, 0.6) is 0 Å². The summed E-state index contributed by atoms with van der Waals surface area (Å²) in [5.74, 6) is 2.54. The number of rotatable bonds is 0. The molecule has 3 heterocycles. The van der Waals surface area contributed by atoms with Crippen molar-refractivity contribution in [1.29, 1.82) is 0 Å². The third-order valence-corrected chi connectivity index (χ3v) is 2.82. The zero-order valence-electron chi connectivity index (χ0n) is 13.4. The molecule has 0 radical (unpaired) electrons. The van der Waals surface area contributed by atoms with Gasteiger partial charge >= 0.3 is 32.7 Å². The second-order valence-electron chi connectivity index (χ2n) is 4.43. The number of H-pyrrole nitrogens is 1. The van der Waals surface area contributed by atoms with E-state index in [1.165, 1.54) is 0 Å². The normalized spacial score (nSPS) is 8.86. The molecule has 0 aliphatic heterocycles. The predicted molar refractivity (Wildman–Crippen MR) is 81.8 cm³/mol. The topological polar surface area (TPSA) is 55.3 Å². The summed E-state index contributed by atoms with van der Waals surface area (Å²) in [7, 11) is 5.77. The van der Waals surface area contributed by atoms with Crippen LogP contribution in [0.3, 0.4) is 0 Å². The summed E-state index contributed by atoms with van der Waals surface area (Å²) in [5.41, 5.74) is 0. The molecule has 0 atom stereocenters. The maximum Gasteiger partial charge on any atom is 3.00 e. The third-order valence-electron chi connectivity index (χ3n) is 2.82. The molecular formula is C15H22N6Y+. The Morgan fingerprint density at radius 1 is 1.00 bits per heavy atom. The summed E-state index contributed by atoms with van der Waals surface area (Å²) >= 11 is 0. The molecule has 0 saturated heterocycles. The maximum atomic E-state index is 3.87. The molecule has 114 valence electrons. The van der Waals surface area contributed by atoms with Gasteiger partial charge in [-0.25, -0.2) is 0 Å². The summed E-state index contributed by atoms with van der Waals surface area (Å²) in [6.07, 6.45) is 10.9.